The Labute approximate surface area is 128 Å². The summed E-state index contributed by atoms with van der Waals surface area (Å²) in [5.74, 6) is 3.64. The number of β-lactam (4-membered cyclic amide) rings is 1. The van der Waals surface area contributed by atoms with Gasteiger partial charge in [0.05, 0.1) is 23.7 Å². The predicted octanol–water partition coefficient (Wildman–Crippen LogP) is 3.24. The summed E-state index contributed by atoms with van der Waals surface area (Å²) >= 11 is 4.01. The number of ether oxygens (including phenoxy) is 1. The van der Waals surface area contributed by atoms with E-state index in [9.17, 15) is 4.79 Å². The largest absolute Gasteiger partial charge is 0.497 e. The van der Waals surface area contributed by atoms with Crippen LogP contribution in [0.2, 0.25) is 0 Å². The van der Waals surface area contributed by atoms with Crippen molar-refractivity contribution in [3.63, 3.8) is 0 Å². The summed E-state index contributed by atoms with van der Waals surface area (Å²) in [4.78, 5) is 14.2. The Kier molecular flexibility index (Phi) is 4.17. The van der Waals surface area contributed by atoms with E-state index in [1.165, 1.54) is 17.9 Å². The average Bonchev–Trinajstić information content (AvgIpc) is 2.52. The van der Waals surface area contributed by atoms with Crippen molar-refractivity contribution in [2.24, 2.45) is 5.92 Å². The van der Waals surface area contributed by atoms with E-state index in [1.54, 1.807) is 7.11 Å². The van der Waals surface area contributed by atoms with E-state index in [1.807, 2.05) is 52.7 Å². The van der Waals surface area contributed by atoms with Crippen LogP contribution in [0.3, 0.4) is 0 Å². The molecule has 1 aromatic carbocycles. The van der Waals surface area contributed by atoms with Crippen LogP contribution >= 0.6 is 23.5 Å². The minimum atomic E-state index is 0.139. The van der Waals surface area contributed by atoms with Crippen molar-refractivity contribution in [2.45, 2.75) is 24.0 Å². The zero-order valence-electron chi connectivity index (χ0n) is 11.7. The molecule has 5 heteroatoms. The molecule has 1 amide bonds. The minimum Gasteiger partial charge on any atom is -0.497 e. The van der Waals surface area contributed by atoms with Crippen molar-refractivity contribution in [2.75, 3.05) is 23.5 Å². The molecule has 108 valence electrons. The maximum absolute atomic E-state index is 12.2. The molecule has 0 N–H and O–H groups in total. The highest BCUT2D eigenvalue weighted by molar-refractivity contribution is 8.17. The lowest BCUT2D eigenvalue weighted by molar-refractivity contribution is -0.128. The van der Waals surface area contributed by atoms with Gasteiger partial charge < -0.3 is 9.64 Å². The van der Waals surface area contributed by atoms with Gasteiger partial charge in [-0.15, -0.1) is 23.5 Å². The van der Waals surface area contributed by atoms with Crippen LogP contribution in [0.5, 0.6) is 5.75 Å². The molecule has 20 heavy (non-hydrogen) atoms. The minimum absolute atomic E-state index is 0.139. The Morgan fingerprint density at radius 2 is 1.85 bits per heavy atom. The summed E-state index contributed by atoms with van der Waals surface area (Å²) in [6, 6.07) is 8.13. The van der Waals surface area contributed by atoms with E-state index in [-0.39, 0.29) is 11.8 Å². The zero-order valence-corrected chi connectivity index (χ0v) is 13.4. The number of carbonyl (C=O) groups is 1. The highest BCUT2D eigenvalue weighted by Crippen LogP contribution is 2.44. The summed E-state index contributed by atoms with van der Waals surface area (Å²) in [6.07, 6.45) is 1.28. The van der Waals surface area contributed by atoms with Gasteiger partial charge in [0.25, 0.3) is 0 Å². The molecule has 0 aromatic heterocycles. The number of nitrogens with zero attached hydrogens (tertiary/aromatic N) is 1. The van der Waals surface area contributed by atoms with Gasteiger partial charge in [-0.25, -0.2) is 0 Å². The summed E-state index contributed by atoms with van der Waals surface area (Å²) in [5.41, 5.74) is 0.991. The Morgan fingerprint density at radius 1 is 1.20 bits per heavy atom. The standard InChI is InChI=1S/C15H19NO2S2/c1-10-13(15-19-8-3-9-20-15)16(14(10)17)11-4-6-12(18-2)7-5-11/h4-7,10,13,15H,3,8-9H2,1-2H3/t10-,13-/m0/s1. The van der Waals surface area contributed by atoms with Crippen LogP contribution in [-0.2, 0) is 4.79 Å². The van der Waals surface area contributed by atoms with Gasteiger partial charge in [-0.1, -0.05) is 6.92 Å². The van der Waals surface area contributed by atoms with Crippen LogP contribution in [-0.4, -0.2) is 35.1 Å². The Bertz CT molecular complexity index is 485. The molecule has 0 bridgehead atoms. The first-order chi connectivity index (χ1) is 9.72. The normalized spacial score (nSPS) is 27.3. The number of benzene rings is 1. The maximum atomic E-state index is 12.2. The van der Waals surface area contributed by atoms with Crippen molar-refractivity contribution in [1.82, 2.24) is 0 Å². The van der Waals surface area contributed by atoms with E-state index in [0.29, 0.717) is 10.6 Å². The fourth-order valence-corrected chi connectivity index (χ4v) is 6.10. The molecule has 3 nitrogen and oxygen atoms in total. The molecule has 2 aliphatic heterocycles. The monoisotopic (exact) mass is 309 g/mol. The quantitative estimate of drug-likeness (QED) is 0.802. The number of anilines is 1. The molecule has 0 aliphatic carbocycles. The molecule has 2 saturated heterocycles. The van der Waals surface area contributed by atoms with E-state index >= 15 is 0 Å². The molecule has 2 fully saturated rings. The van der Waals surface area contributed by atoms with Crippen molar-refractivity contribution in [3.8, 4) is 5.75 Å². The highest BCUT2D eigenvalue weighted by atomic mass is 32.2. The summed E-state index contributed by atoms with van der Waals surface area (Å²) in [5, 5.41) is 0. The maximum Gasteiger partial charge on any atom is 0.232 e. The third-order valence-electron chi connectivity index (χ3n) is 3.92. The number of hydrogen-bond acceptors (Lipinski definition) is 4. The van der Waals surface area contributed by atoms with Crippen LogP contribution in [0.25, 0.3) is 0 Å². The van der Waals surface area contributed by atoms with E-state index in [0.717, 1.165) is 11.4 Å². The Hall–Kier alpha value is -0.810. The van der Waals surface area contributed by atoms with Crippen LogP contribution in [0.1, 0.15) is 13.3 Å². The molecule has 0 radical (unpaired) electrons. The second kappa shape index (κ2) is 5.90. The van der Waals surface area contributed by atoms with Crippen LogP contribution in [0.15, 0.2) is 24.3 Å². The number of rotatable bonds is 3. The smallest absolute Gasteiger partial charge is 0.232 e. The zero-order chi connectivity index (χ0) is 14.1. The van der Waals surface area contributed by atoms with E-state index in [4.69, 9.17) is 4.74 Å². The van der Waals surface area contributed by atoms with Crippen molar-refractivity contribution in [1.29, 1.82) is 0 Å². The van der Waals surface area contributed by atoms with E-state index in [2.05, 4.69) is 6.92 Å². The van der Waals surface area contributed by atoms with Gasteiger partial charge in [0.15, 0.2) is 0 Å². The number of methoxy groups -OCH3 is 1. The molecule has 2 aliphatic rings. The topological polar surface area (TPSA) is 29.5 Å². The second-order valence-electron chi connectivity index (χ2n) is 5.15. The molecule has 0 saturated carbocycles. The van der Waals surface area contributed by atoms with Crippen molar-refractivity contribution < 1.29 is 9.53 Å². The van der Waals surface area contributed by atoms with Crippen LogP contribution < -0.4 is 9.64 Å². The third kappa shape index (κ3) is 2.42. The highest BCUT2D eigenvalue weighted by Gasteiger charge is 2.49. The lowest BCUT2D eigenvalue weighted by Crippen LogP contribution is -2.64. The van der Waals surface area contributed by atoms with E-state index < -0.39 is 0 Å². The fourth-order valence-electron chi connectivity index (χ4n) is 2.76. The number of hydrogen-bond donors (Lipinski definition) is 0. The fraction of sp³-hybridized carbons (Fsp3) is 0.533. The SMILES string of the molecule is COc1ccc(N2C(=O)[C@@H](C)[C@H]2C2SCCCS2)cc1. The molecule has 2 heterocycles. The molecular weight excluding hydrogens is 290 g/mol. The Morgan fingerprint density at radius 3 is 2.45 bits per heavy atom. The van der Waals surface area contributed by atoms with Gasteiger partial charge >= 0.3 is 0 Å². The first-order valence-electron chi connectivity index (χ1n) is 6.92. The third-order valence-corrected chi connectivity index (χ3v) is 7.00. The van der Waals surface area contributed by atoms with Crippen LogP contribution in [0.4, 0.5) is 5.69 Å². The predicted molar refractivity (Wildman–Crippen MR) is 86.8 cm³/mol. The number of thioether (sulfide) groups is 2. The Balaban J connectivity index is 1.80. The number of carbonyl (C=O) groups excluding carboxylic acids is 1. The van der Waals surface area contributed by atoms with Crippen LogP contribution in [0, 0.1) is 5.92 Å². The molecule has 1 aromatic rings. The second-order valence-corrected chi connectivity index (χ2v) is 7.95. The molecular formula is C15H19NO2S2. The lowest BCUT2D eigenvalue weighted by atomic mass is 9.89. The molecule has 2 atom stereocenters. The van der Waals surface area contributed by atoms with Gasteiger partial charge in [0.2, 0.25) is 5.91 Å². The lowest BCUT2D eigenvalue weighted by Gasteiger charge is -2.49. The first kappa shape index (κ1) is 14.1. The van der Waals surface area contributed by atoms with Crippen molar-refractivity contribution in [3.05, 3.63) is 24.3 Å². The van der Waals surface area contributed by atoms with Gasteiger partial charge in [0, 0.05) is 5.69 Å². The molecule has 3 rings (SSSR count). The van der Waals surface area contributed by atoms with Gasteiger partial charge in [-0.05, 0) is 42.2 Å². The summed E-state index contributed by atoms with van der Waals surface area (Å²) < 4.78 is 5.69. The van der Waals surface area contributed by atoms with Gasteiger partial charge in [-0.2, -0.15) is 0 Å². The average molecular weight is 309 g/mol. The summed E-state index contributed by atoms with van der Waals surface area (Å²) in [7, 11) is 1.66. The first-order valence-corrected chi connectivity index (χ1v) is 9.02. The summed E-state index contributed by atoms with van der Waals surface area (Å²) in [6.45, 7) is 2.06. The number of amides is 1. The van der Waals surface area contributed by atoms with Crippen molar-refractivity contribution >= 4 is 35.1 Å². The molecule has 0 spiro atoms. The van der Waals surface area contributed by atoms with Gasteiger partial charge in [0.1, 0.15) is 5.75 Å². The van der Waals surface area contributed by atoms with Gasteiger partial charge in [-0.3, -0.25) is 4.79 Å². The molecule has 0 unspecified atom stereocenters.